The van der Waals surface area contributed by atoms with E-state index >= 15 is 0 Å². The van der Waals surface area contributed by atoms with E-state index in [0.717, 1.165) is 5.56 Å². The number of hydrogen-bond acceptors (Lipinski definition) is 6. The van der Waals surface area contributed by atoms with Crippen LogP contribution in [0.25, 0.3) is 16.9 Å². The van der Waals surface area contributed by atoms with Crippen molar-refractivity contribution in [2.75, 3.05) is 5.32 Å². The third-order valence-corrected chi connectivity index (χ3v) is 6.58. The molecule has 2 aromatic heterocycles. The van der Waals surface area contributed by atoms with Crippen LogP contribution in [0.2, 0.25) is 15.1 Å². The number of carbonyl (C=O) groups excluding carboxylic acids is 2. The van der Waals surface area contributed by atoms with Crippen LogP contribution in [-0.4, -0.2) is 31.7 Å². The number of nitrogens with one attached hydrogen (secondary N) is 2. The molecule has 196 valence electrons. The van der Waals surface area contributed by atoms with Crippen molar-refractivity contribution in [1.29, 1.82) is 0 Å². The molecule has 9 nitrogen and oxygen atoms in total. The van der Waals surface area contributed by atoms with Crippen molar-refractivity contribution >= 4 is 52.3 Å². The average molecular weight is 582 g/mol. The van der Waals surface area contributed by atoms with Gasteiger partial charge in [0.2, 0.25) is 6.39 Å². The van der Waals surface area contributed by atoms with Gasteiger partial charge in [0.15, 0.2) is 11.5 Å². The molecule has 0 saturated carbocycles. The predicted molar refractivity (Wildman–Crippen MR) is 149 cm³/mol. The highest BCUT2D eigenvalue weighted by Gasteiger charge is 2.23. The maximum absolute atomic E-state index is 13.4. The molecule has 2 heterocycles. The van der Waals surface area contributed by atoms with Gasteiger partial charge in [-0.3, -0.25) is 9.59 Å². The summed E-state index contributed by atoms with van der Waals surface area (Å²) in [5, 5.41) is 15.2. The minimum atomic E-state index is -0.462. The first-order valence-electron chi connectivity index (χ1n) is 11.6. The van der Waals surface area contributed by atoms with Gasteiger partial charge in [-0.1, -0.05) is 58.2 Å². The number of carbonyl (C=O) groups is 2. The molecular formula is C27H19Cl3N6O3. The molecule has 0 atom stereocenters. The van der Waals surface area contributed by atoms with Crippen molar-refractivity contribution in [3.05, 3.63) is 111 Å². The Labute approximate surface area is 237 Å². The first kappa shape index (κ1) is 26.4. The maximum Gasteiger partial charge on any atom is 0.276 e. The summed E-state index contributed by atoms with van der Waals surface area (Å²) >= 11 is 18.7. The van der Waals surface area contributed by atoms with Crippen LogP contribution >= 0.6 is 34.8 Å². The summed E-state index contributed by atoms with van der Waals surface area (Å²) in [7, 11) is 0. The van der Waals surface area contributed by atoms with Gasteiger partial charge < -0.3 is 15.2 Å². The molecule has 0 unspecified atom stereocenters. The summed E-state index contributed by atoms with van der Waals surface area (Å²) in [5.74, 6) is -0.481. The Kier molecular flexibility index (Phi) is 7.65. The lowest BCUT2D eigenvalue weighted by molar-refractivity contribution is 0.0948. The molecule has 39 heavy (non-hydrogen) atoms. The van der Waals surface area contributed by atoms with Crippen LogP contribution in [0.5, 0.6) is 0 Å². The van der Waals surface area contributed by atoms with Crippen molar-refractivity contribution in [1.82, 2.24) is 25.2 Å². The van der Waals surface area contributed by atoms with E-state index in [4.69, 9.17) is 34.8 Å². The van der Waals surface area contributed by atoms with Crippen molar-refractivity contribution in [3.63, 3.8) is 0 Å². The number of aromatic nitrogens is 4. The summed E-state index contributed by atoms with van der Waals surface area (Å²) in [4.78, 5) is 29.9. The Morgan fingerprint density at radius 3 is 2.44 bits per heavy atom. The van der Waals surface area contributed by atoms with Gasteiger partial charge in [-0.25, -0.2) is 4.68 Å². The van der Waals surface area contributed by atoms with E-state index < -0.39 is 5.91 Å². The second-order valence-electron chi connectivity index (χ2n) is 8.40. The first-order valence-corrected chi connectivity index (χ1v) is 12.7. The van der Waals surface area contributed by atoms with Gasteiger partial charge in [0.25, 0.3) is 11.8 Å². The average Bonchev–Trinajstić information content (AvgIpc) is 3.56. The minimum Gasteiger partial charge on any atom is -0.345 e. The Balaban J connectivity index is 1.45. The molecule has 0 radical (unpaired) electrons. The molecule has 0 aliphatic heterocycles. The third kappa shape index (κ3) is 5.80. The van der Waals surface area contributed by atoms with Crippen LogP contribution in [0.3, 0.4) is 0 Å². The number of rotatable bonds is 7. The predicted octanol–water partition coefficient (Wildman–Crippen LogP) is 6.37. The molecule has 0 bridgehead atoms. The highest BCUT2D eigenvalue weighted by Crippen LogP contribution is 2.33. The molecule has 0 aliphatic carbocycles. The summed E-state index contributed by atoms with van der Waals surface area (Å²) in [6.45, 7) is 1.90. The number of hydrogen-bond donors (Lipinski definition) is 2. The van der Waals surface area contributed by atoms with E-state index in [9.17, 15) is 9.59 Å². The molecule has 0 saturated heterocycles. The lowest BCUT2D eigenvalue weighted by Crippen LogP contribution is -2.23. The molecule has 0 fully saturated rings. The summed E-state index contributed by atoms with van der Waals surface area (Å²) < 4.78 is 6.27. The lowest BCUT2D eigenvalue weighted by Gasteiger charge is -2.11. The molecule has 2 amide bonds. The fourth-order valence-corrected chi connectivity index (χ4v) is 4.56. The van der Waals surface area contributed by atoms with E-state index in [0.29, 0.717) is 49.1 Å². The first-order chi connectivity index (χ1) is 18.8. The number of amides is 2. The Morgan fingerprint density at radius 1 is 0.949 bits per heavy atom. The maximum atomic E-state index is 13.4. The van der Waals surface area contributed by atoms with Crippen LogP contribution in [0.1, 0.15) is 32.2 Å². The van der Waals surface area contributed by atoms with Crippen LogP contribution in [0.15, 0.2) is 77.6 Å². The van der Waals surface area contributed by atoms with Gasteiger partial charge in [0, 0.05) is 32.4 Å². The molecule has 5 rings (SSSR count). The second kappa shape index (κ2) is 11.3. The van der Waals surface area contributed by atoms with Crippen molar-refractivity contribution in [2.45, 2.75) is 13.5 Å². The number of halogens is 3. The standard InChI is InChI=1S/C27H19Cl3N6O3/c1-15-24(27(38)33-20-4-2-3-17(11-20)26(37)31-13-23-32-14-39-35-23)34-36(22-10-9-19(29)12-21(22)30)25(15)16-5-7-18(28)8-6-16/h2-12,14H,13H2,1H3,(H,31,37)(H,33,38). The number of nitrogens with zero attached hydrogens (tertiary/aromatic N) is 4. The Morgan fingerprint density at radius 2 is 1.72 bits per heavy atom. The lowest BCUT2D eigenvalue weighted by atomic mass is 10.1. The van der Waals surface area contributed by atoms with E-state index in [1.165, 1.54) is 6.39 Å². The fourth-order valence-electron chi connectivity index (χ4n) is 3.95. The second-order valence-corrected chi connectivity index (χ2v) is 9.68. The fraction of sp³-hybridized carbons (Fsp3) is 0.0741. The SMILES string of the molecule is Cc1c(C(=O)Nc2cccc(C(=O)NCc3ncon3)c2)nn(-c2ccc(Cl)cc2Cl)c1-c1ccc(Cl)cc1. The number of benzene rings is 3. The zero-order valence-electron chi connectivity index (χ0n) is 20.3. The largest absolute Gasteiger partial charge is 0.345 e. The quantitative estimate of drug-likeness (QED) is 0.231. The van der Waals surface area contributed by atoms with Gasteiger partial charge >= 0.3 is 0 Å². The zero-order chi connectivity index (χ0) is 27.5. The summed E-state index contributed by atoms with van der Waals surface area (Å²) in [5.41, 5.74) is 3.55. The van der Waals surface area contributed by atoms with Crippen LogP contribution in [0.4, 0.5) is 5.69 Å². The highest BCUT2D eigenvalue weighted by molar-refractivity contribution is 6.35. The van der Waals surface area contributed by atoms with E-state index in [1.54, 1.807) is 66.2 Å². The summed E-state index contributed by atoms with van der Waals surface area (Å²) in [6, 6.07) is 18.8. The van der Waals surface area contributed by atoms with Gasteiger partial charge in [-0.05, 0) is 55.5 Å². The molecule has 2 N–H and O–H groups in total. The van der Waals surface area contributed by atoms with Crippen molar-refractivity contribution in [3.8, 4) is 16.9 Å². The monoisotopic (exact) mass is 580 g/mol. The van der Waals surface area contributed by atoms with Crippen molar-refractivity contribution in [2.24, 2.45) is 0 Å². The molecule has 0 spiro atoms. The van der Waals surface area contributed by atoms with Gasteiger partial charge in [0.1, 0.15) is 0 Å². The Bertz CT molecular complexity index is 1670. The molecular weight excluding hydrogens is 563 g/mol. The van der Waals surface area contributed by atoms with Crippen molar-refractivity contribution < 1.29 is 14.1 Å². The molecule has 0 aliphatic rings. The molecule has 3 aromatic carbocycles. The molecule has 12 heteroatoms. The van der Waals surface area contributed by atoms with Crippen LogP contribution in [0, 0.1) is 6.92 Å². The normalized spacial score (nSPS) is 10.9. The number of anilines is 1. The molecule has 5 aromatic rings. The smallest absolute Gasteiger partial charge is 0.276 e. The summed E-state index contributed by atoms with van der Waals surface area (Å²) in [6.07, 6.45) is 1.18. The van der Waals surface area contributed by atoms with Gasteiger partial charge in [-0.2, -0.15) is 10.1 Å². The van der Waals surface area contributed by atoms with E-state index in [-0.39, 0.29) is 18.1 Å². The topological polar surface area (TPSA) is 115 Å². The van der Waals surface area contributed by atoms with Crippen LogP contribution in [-0.2, 0) is 6.54 Å². The van der Waals surface area contributed by atoms with Gasteiger partial charge in [-0.15, -0.1) is 0 Å². The third-order valence-electron chi connectivity index (χ3n) is 5.79. The van der Waals surface area contributed by atoms with E-state index in [1.807, 2.05) is 12.1 Å². The van der Waals surface area contributed by atoms with E-state index in [2.05, 4.69) is 30.4 Å². The Hall–Kier alpha value is -4.18. The zero-order valence-corrected chi connectivity index (χ0v) is 22.6. The van der Waals surface area contributed by atoms with Gasteiger partial charge in [0.05, 0.1) is 22.9 Å². The van der Waals surface area contributed by atoms with Crippen LogP contribution < -0.4 is 10.6 Å². The minimum absolute atomic E-state index is 0.100. The highest BCUT2D eigenvalue weighted by atomic mass is 35.5.